The van der Waals surface area contributed by atoms with Crippen molar-refractivity contribution in [3.63, 3.8) is 0 Å². The molecule has 1 fully saturated rings. The van der Waals surface area contributed by atoms with Crippen LogP contribution in [0.1, 0.15) is 51.5 Å². The minimum Gasteiger partial charge on any atom is -0.491 e. The summed E-state index contributed by atoms with van der Waals surface area (Å²) in [6.45, 7) is 5.12. The molecule has 0 heterocycles. The van der Waals surface area contributed by atoms with E-state index in [1.165, 1.54) is 37.7 Å². The quantitative estimate of drug-likeness (QED) is 0.822. The van der Waals surface area contributed by atoms with Crippen molar-refractivity contribution in [2.75, 3.05) is 13.6 Å². The van der Waals surface area contributed by atoms with Crippen LogP contribution in [0.3, 0.4) is 0 Å². The van der Waals surface area contributed by atoms with Crippen LogP contribution in [0.4, 0.5) is 0 Å². The predicted molar refractivity (Wildman–Crippen MR) is 90.7 cm³/mol. The molecule has 116 valence electrons. The fourth-order valence-corrected chi connectivity index (χ4v) is 3.15. The molecule has 1 saturated carbocycles. The SMILES string of the molecule is CNC/C(=C/c1cccc(OC(C)C)c1)C1CCCCC1. The molecule has 0 aliphatic heterocycles. The molecule has 2 nitrogen and oxygen atoms in total. The number of likely N-dealkylation sites (N-methyl/N-ethyl adjacent to an activating group) is 1. The van der Waals surface area contributed by atoms with Gasteiger partial charge in [0.1, 0.15) is 5.75 Å². The fourth-order valence-electron chi connectivity index (χ4n) is 3.15. The van der Waals surface area contributed by atoms with E-state index in [9.17, 15) is 0 Å². The highest BCUT2D eigenvalue weighted by atomic mass is 16.5. The van der Waals surface area contributed by atoms with Crippen molar-refractivity contribution in [2.45, 2.75) is 52.1 Å². The molecule has 0 unspecified atom stereocenters. The van der Waals surface area contributed by atoms with Gasteiger partial charge in [-0.2, -0.15) is 0 Å². The van der Waals surface area contributed by atoms with Crippen molar-refractivity contribution in [3.8, 4) is 5.75 Å². The first-order valence-electron chi connectivity index (χ1n) is 8.31. The van der Waals surface area contributed by atoms with Crippen molar-refractivity contribution in [1.82, 2.24) is 5.32 Å². The first-order valence-corrected chi connectivity index (χ1v) is 8.31. The highest BCUT2D eigenvalue weighted by Crippen LogP contribution is 2.31. The first kappa shape index (κ1) is 16.1. The zero-order valence-corrected chi connectivity index (χ0v) is 13.7. The zero-order valence-electron chi connectivity index (χ0n) is 13.7. The Morgan fingerprint density at radius 1 is 1.29 bits per heavy atom. The topological polar surface area (TPSA) is 21.3 Å². The Balaban J connectivity index is 2.16. The van der Waals surface area contributed by atoms with Crippen molar-refractivity contribution in [1.29, 1.82) is 0 Å². The summed E-state index contributed by atoms with van der Waals surface area (Å²) in [6, 6.07) is 8.45. The largest absolute Gasteiger partial charge is 0.491 e. The van der Waals surface area contributed by atoms with E-state index in [1.807, 2.05) is 13.1 Å². The van der Waals surface area contributed by atoms with Crippen molar-refractivity contribution in [2.24, 2.45) is 5.92 Å². The minimum atomic E-state index is 0.222. The predicted octanol–water partition coefficient (Wildman–Crippen LogP) is 4.66. The molecule has 1 N–H and O–H groups in total. The van der Waals surface area contributed by atoms with Crippen LogP contribution in [0.15, 0.2) is 29.8 Å². The van der Waals surface area contributed by atoms with E-state index in [1.54, 1.807) is 5.57 Å². The summed E-state index contributed by atoms with van der Waals surface area (Å²) in [5.74, 6) is 1.71. The van der Waals surface area contributed by atoms with E-state index in [4.69, 9.17) is 4.74 Å². The van der Waals surface area contributed by atoms with Gasteiger partial charge in [-0.1, -0.05) is 43.0 Å². The summed E-state index contributed by atoms with van der Waals surface area (Å²) in [7, 11) is 2.04. The van der Waals surface area contributed by atoms with Crippen LogP contribution in [-0.4, -0.2) is 19.7 Å². The van der Waals surface area contributed by atoms with Crippen molar-refractivity contribution in [3.05, 3.63) is 35.4 Å². The van der Waals surface area contributed by atoms with Gasteiger partial charge in [0.15, 0.2) is 0 Å². The van der Waals surface area contributed by atoms with Gasteiger partial charge in [-0.25, -0.2) is 0 Å². The highest BCUT2D eigenvalue weighted by molar-refractivity contribution is 5.55. The van der Waals surface area contributed by atoms with Crippen LogP contribution in [-0.2, 0) is 0 Å². The number of hydrogen-bond acceptors (Lipinski definition) is 2. The van der Waals surface area contributed by atoms with E-state index in [0.717, 1.165) is 18.2 Å². The maximum absolute atomic E-state index is 5.80. The molecule has 0 saturated heterocycles. The summed E-state index contributed by atoms with van der Waals surface area (Å²) in [5, 5.41) is 3.33. The van der Waals surface area contributed by atoms with Gasteiger partial charge in [0.05, 0.1) is 6.10 Å². The summed E-state index contributed by atoms with van der Waals surface area (Å²) >= 11 is 0. The van der Waals surface area contributed by atoms with E-state index < -0.39 is 0 Å². The van der Waals surface area contributed by atoms with Crippen LogP contribution in [0, 0.1) is 5.92 Å². The molecule has 0 amide bonds. The lowest BCUT2D eigenvalue weighted by Crippen LogP contribution is -2.19. The molecule has 1 aliphatic carbocycles. The summed E-state index contributed by atoms with van der Waals surface area (Å²) in [4.78, 5) is 0. The van der Waals surface area contributed by atoms with E-state index in [-0.39, 0.29) is 6.10 Å². The standard InChI is InChI=1S/C19H29NO/c1-15(2)21-19-11-7-8-16(13-19)12-18(14-20-3)17-9-5-4-6-10-17/h7-8,11-13,15,17,20H,4-6,9-10,14H2,1-3H3/b18-12-. The van der Waals surface area contributed by atoms with Crippen LogP contribution in [0.5, 0.6) is 5.75 Å². The molecule has 0 aromatic heterocycles. The lowest BCUT2D eigenvalue weighted by molar-refractivity contribution is 0.242. The van der Waals surface area contributed by atoms with Gasteiger partial charge < -0.3 is 10.1 Å². The Hall–Kier alpha value is -1.28. The third-order valence-electron chi connectivity index (χ3n) is 4.09. The Morgan fingerprint density at radius 2 is 2.05 bits per heavy atom. The molecule has 1 aliphatic rings. The molecule has 2 rings (SSSR count). The van der Waals surface area contributed by atoms with Gasteiger partial charge in [0.25, 0.3) is 0 Å². The number of nitrogens with one attached hydrogen (secondary N) is 1. The van der Waals surface area contributed by atoms with Gasteiger partial charge in [-0.3, -0.25) is 0 Å². The van der Waals surface area contributed by atoms with E-state index in [0.29, 0.717) is 0 Å². The number of benzene rings is 1. The third kappa shape index (κ3) is 5.20. The lowest BCUT2D eigenvalue weighted by Gasteiger charge is -2.24. The molecule has 0 bridgehead atoms. The van der Waals surface area contributed by atoms with Crippen LogP contribution in [0.25, 0.3) is 6.08 Å². The molecular formula is C19H29NO. The summed E-state index contributed by atoms with van der Waals surface area (Å²) in [6.07, 6.45) is 9.43. The van der Waals surface area contributed by atoms with Gasteiger partial charge in [0, 0.05) is 6.54 Å². The van der Waals surface area contributed by atoms with Crippen LogP contribution < -0.4 is 10.1 Å². The zero-order chi connectivity index (χ0) is 15.1. The number of ether oxygens (including phenoxy) is 1. The molecule has 1 aromatic carbocycles. The highest BCUT2D eigenvalue weighted by Gasteiger charge is 2.17. The van der Waals surface area contributed by atoms with Gasteiger partial charge >= 0.3 is 0 Å². The van der Waals surface area contributed by atoms with Crippen LogP contribution in [0.2, 0.25) is 0 Å². The molecule has 2 heteroatoms. The minimum absolute atomic E-state index is 0.222. The second-order valence-electron chi connectivity index (χ2n) is 6.32. The molecule has 21 heavy (non-hydrogen) atoms. The lowest BCUT2D eigenvalue weighted by atomic mass is 9.83. The van der Waals surface area contributed by atoms with E-state index in [2.05, 4.69) is 43.4 Å². The molecule has 0 atom stereocenters. The van der Waals surface area contributed by atoms with Crippen molar-refractivity contribution < 1.29 is 4.74 Å². The Bertz CT molecular complexity index is 458. The molecule has 0 radical (unpaired) electrons. The second-order valence-corrected chi connectivity index (χ2v) is 6.32. The third-order valence-corrected chi connectivity index (χ3v) is 4.09. The van der Waals surface area contributed by atoms with Gasteiger partial charge in [-0.15, -0.1) is 0 Å². The van der Waals surface area contributed by atoms with Crippen molar-refractivity contribution >= 4 is 6.08 Å². The Morgan fingerprint density at radius 3 is 2.71 bits per heavy atom. The molecule has 1 aromatic rings. The number of hydrogen-bond donors (Lipinski definition) is 1. The molecule has 0 spiro atoms. The average Bonchev–Trinajstić information content (AvgIpc) is 2.47. The monoisotopic (exact) mass is 287 g/mol. The maximum Gasteiger partial charge on any atom is 0.120 e. The normalized spacial score (nSPS) is 17.2. The van der Waals surface area contributed by atoms with Gasteiger partial charge in [0.2, 0.25) is 0 Å². The van der Waals surface area contributed by atoms with Gasteiger partial charge in [-0.05, 0) is 57.4 Å². The maximum atomic E-state index is 5.80. The molecular weight excluding hydrogens is 258 g/mol. The number of rotatable bonds is 6. The average molecular weight is 287 g/mol. The first-order chi connectivity index (χ1) is 10.2. The smallest absolute Gasteiger partial charge is 0.120 e. The fraction of sp³-hybridized carbons (Fsp3) is 0.579. The van der Waals surface area contributed by atoms with E-state index >= 15 is 0 Å². The summed E-state index contributed by atoms with van der Waals surface area (Å²) in [5.41, 5.74) is 2.79. The van der Waals surface area contributed by atoms with Crippen LogP contribution >= 0.6 is 0 Å². The summed E-state index contributed by atoms with van der Waals surface area (Å²) < 4.78 is 5.80. The Labute approximate surface area is 129 Å². The second kappa shape index (κ2) is 8.23. The Kier molecular flexibility index (Phi) is 6.31.